The molecule has 7 heteroatoms. The van der Waals surface area contributed by atoms with Gasteiger partial charge in [-0.25, -0.2) is 4.79 Å². The standard InChI is InChI=1S/C40H29BrN2O4/c41-29-22-19-26(20-23-29)36(44)34-35(38(45)47-37(27-12-3-1-4-13-27)28-14-5-2-6-15-28)43-32-18-10-7-11-25(32)21-24-33(43)40(34)30-16-8-9-17-31(30)42-39(40)46/h1-24,33-35,37H,(H,42,46)/t33-,34+,35-,40-/m1/s1. The first kappa shape index (κ1) is 29.2. The molecular weight excluding hydrogens is 652 g/mol. The number of ketones is 1. The third-order valence-electron chi connectivity index (χ3n) is 9.63. The van der Waals surface area contributed by atoms with Crippen molar-refractivity contribution in [2.24, 2.45) is 5.92 Å². The van der Waals surface area contributed by atoms with Gasteiger partial charge in [-0.15, -0.1) is 0 Å². The highest BCUT2D eigenvalue weighted by atomic mass is 79.9. The zero-order valence-corrected chi connectivity index (χ0v) is 26.7. The van der Waals surface area contributed by atoms with E-state index < -0.39 is 35.5 Å². The highest BCUT2D eigenvalue weighted by Gasteiger charge is 2.71. The molecule has 47 heavy (non-hydrogen) atoms. The van der Waals surface area contributed by atoms with Gasteiger partial charge in [0.15, 0.2) is 11.9 Å². The van der Waals surface area contributed by atoms with Gasteiger partial charge in [-0.05, 0) is 46.5 Å². The SMILES string of the molecule is O=C(c1ccc(Br)cc1)[C@@H]1[C@H](C(=O)OC(c2ccccc2)c2ccccc2)N2c3ccccc3C=C[C@@H]2[C@@]12C(=O)Nc1ccccc12. The number of carbonyl (C=O) groups excluding carboxylic acids is 3. The average Bonchev–Trinajstić information content (AvgIpc) is 3.60. The summed E-state index contributed by atoms with van der Waals surface area (Å²) in [6.07, 6.45) is 3.21. The monoisotopic (exact) mass is 680 g/mol. The Kier molecular flexibility index (Phi) is 7.14. The lowest BCUT2D eigenvalue weighted by Gasteiger charge is -2.37. The van der Waals surface area contributed by atoms with E-state index in [-0.39, 0.29) is 11.7 Å². The van der Waals surface area contributed by atoms with Gasteiger partial charge in [-0.1, -0.05) is 137 Å². The number of rotatable bonds is 6. The number of nitrogens with one attached hydrogen (secondary N) is 1. The number of esters is 1. The summed E-state index contributed by atoms with van der Waals surface area (Å²) < 4.78 is 7.35. The molecule has 0 unspecified atom stereocenters. The molecule has 0 saturated carbocycles. The molecule has 3 aliphatic rings. The van der Waals surface area contributed by atoms with Gasteiger partial charge in [0.05, 0.1) is 12.0 Å². The number of hydrogen-bond donors (Lipinski definition) is 1. The Morgan fingerprint density at radius 1 is 0.766 bits per heavy atom. The first-order chi connectivity index (χ1) is 23.0. The minimum Gasteiger partial charge on any atom is -0.451 e. The van der Waals surface area contributed by atoms with Gasteiger partial charge >= 0.3 is 5.97 Å². The zero-order valence-electron chi connectivity index (χ0n) is 25.1. The topological polar surface area (TPSA) is 75.7 Å². The third-order valence-corrected chi connectivity index (χ3v) is 10.2. The number of anilines is 2. The molecule has 8 rings (SSSR count). The van der Waals surface area contributed by atoms with Crippen molar-refractivity contribution in [3.05, 3.63) is 172 Å². The maximum Gasteiger partial charge on any atom is 0.330 e. The minimum atomic E-state index is -1.41. The predicted molar refractivity (Wildman–Crippen MR) is 185 cm³/mol. The Labute approximate surface area is 280 Å². The molecule has 3 aliphatic heterocycles. The molecule has 1 saturated heterocycles. The van der Waals surface area contributed by atoms with E-state index in [2.05, 4.69) is 21.2 Å². The van der Waals surface area contributed by atoms with Crippen molar-refractivity contribution >= 4 is 51.0 Å². The van der Waals surface area contributed by atoms with Crippen LogP contribution in [0.2, 0.25) is 0 Å². The Morgan fingerprint density at radius 2 is 1.38 bits per heavy atom. The summed E-state index contributed by atoms with van der Waals surface area (Å²) in [7, 11) is 0. The van der Waals surface area contributed by atoms with Crippen LogP contribution < -0.4 is 10.2 Å². The van der Waals surface area contributed by atoms with E-state index in [1.54, 1.807) is 24.3 Å². The molecule has 4 atom stereocenters. The first-order valence-electron chi connectivity index (χ1n) is 15.5. The number of carbonyl (C=O) groups is 3. The van der Waals surface area contributed by atoms with Crippen molar-refractivity contribution in [3.63, 3.8) is 0 Å². The van der Waals surface area contributed by atoms with Crippen molar-refractivity contribution in [1.82, 2.24) is 0 Å². The van der Waals surface area contributed by atoms with E-state index in [9.17, 15) is 4.79 Å². The number of para-hydroxylation sites is 2. The fourth-order valence-corrected chi connectivity index (χ4v) is 7.92. The Balaban J connectivity index is 1.35. The van der Waals surface area contributed by atoms with Crippen molar-refractivity contribution in [2.45, 2.75) is 23.6 Å². The molecule has 1 fully saturated rings. The fraction of sp³-hybridized carbons (Fsp3) is 0.125. The molecular formula is C40H29BrN2O4. The summed E-state index contributed by atoms with van der Waals surface area (Å²) in [5.41, 5.74) is 3.58. The van der Waals surface area contributed by atoms with Crippen molar-refractivity contribution in [1.29, 1.82) is 0 Å². The first-order valence-corrected chi connectivity index (χ1v) is 16.3. The Hall–Kier alpha value is -5.27. The average molecular weight is 682 g/mol. The van der Waals surface area contributed by atoms with Crippen molar-refractivity contribution in [2.75, 3.05) is 10.2 Å². The molecule has 1 spiro atoms. The maximum absolute atomic E-state index is 15.0. The number of benzene rings is 5. The number of ether oxygens (including phenoxy) is 1. The van der Waals surface area contributed by atoms with Crippen LogP contribution in [-0.2, 0) is 19.7 Å². The summed E-state index contributed by atoms with van der Waals surface area (Å²) in [6, 6.07) is 39.7. The minimum absolute atomic E-state index is 0.303. The predicted octanol–water partition coefficient (Wildman–Crippen LogP) is 7.76. The van der Waals surface area contributed by atoms with Gasteiger partial charge in [0.25, 0.3) is 0 Å². The number of amides is 1. The van der Waals surface area contributed by atoms with Gasteiger partial charge in [-0.3, -0.25) is 9.59 Å². The van der Waals surface area contributed by atoms with E-state index in [1.807, 2.05) is 126 Å². The number of fused-ring (bicyclic) bond motifs is 6. The molecule has 6 nitrogen and oxygen atoms in total. The van der Waals surface area contributed by atoms with Crippen LogP contribution in [0.25, 0.3) is 6.08 Å². The van der Waals surface area contributed by atoms with E-state index in [1.165, 1.54) is 0 Å². The highest BCUT2D eigenvalue weighted by Crippen LogP contribution is 2.58. The summed E-state index contributed by atoms with van der Waals surface area (Å²) in [6.45, 7) is 0. The van der Waals surface area contributed by atoms with E-state index in [4.69, 9.17) is 4.74 Å². The van der Waals surface area contributed by atoms with E-state index >= 15 is 9.59 Å². The number of halogens is 1. The summed E-state index contributed by atoms with van der Waals surface area (Å²) in [4.78, 5) is 46.6. The van der Waals surface area contributed by atoms with Gasteiger partial charge in [0.1, 0.15) is 11.5 Å². The highest BCUT2D eigenvalue weighted by molar-refractivity contribution is 9.10. The van der Waals surface area contributed by atoms with E-state index in [0.717, 1.165) is 26.9 Å². The second-order valence-corrected chi connectivity index (χ2v) is 13.0. The molecule has 5 aromatic carbocycles. The van der Waals surface area contributed by atoms with Crippen molar-refractivity contribution in [3.8, 4) is 0 Å². The van der Waals surface area contributed by atoms with Crippen LogP contribution in [0, 0.1) is 5.92 Å². The largest absolute Gasteiger partial charge is 0.451 e. The Morgan fingerprint density at radius 3 is 2.09 bits per heavy atom. The van der Waals surface area contributed by atoms with Gasteiger partial charge in [-0.2, -0.15) is 0 Å². The number of nitrogens with zero attached hydrogens (tertiary/aromatic N) is 1. The normalized spacial score (nSPS) is 22.0. The second-order valence-electron chi connectivity index (χ2n) is 12.1. The van der Waals surface area contributed by atoms with Crippen LogP contribution >= 0.6 is 15.9 Å². The molecule has 3 heterocycles. The third kappa shape index (κ3) is 4.56. The summed E-state index contributed by atoms with van der Waals surface area (Å²) in [5, 5.41) is 3.07. The van der Waals surface area contributed by atoms with Gasteiger partial charge < -0.3 is 15.0 Å². The van der Waals surface area contributed by atoms with Crippen LogP contribution in [0.4, 0.5) is 11.4 Å². The lowest BCUT2D eigenvalue weighted by atomic mass is 9.64. The molecule has 1 amide bonds. The molecule has 230 valence electrons. The molecule has 0 radical (unpaired) electrons. The molecule has 5 aromatic rings. The van der Waals surface area contributed by atoms with Crippen LogP contribution in [0.3, 0.4) is 0 Å². The summed E-state index contributed by atoms with van der Waals surface area (Å²) >= 11 is 3.48. The van der Waals surface area contributed by atoms with Crippen LogP contribution in [0.1, 0.15) is 38.7 Å². The van der Waals surface area contributed by atoms with Gasteiger partial charge in [0.2, 0.25) is 5.91 Å². The zero-order chi connectivity index (χ0) is 32.1. The van der Waals surface area contributed by atoms with Crippen LogP contribution in [0.5, 0.6) is 0 Å². The number of Topliss-reactive ketones (excluding diaryl/α,β-unsaturated/α-hetero) is 1. The van der Waals surface area contributed by atoms with Crippen LogP contribution in [0.15, 0.2) is 144 Å². The van der Waals surface area contributed by atoms with Crippen molar-refractivity contribution < 1.29 is 19.1 Å². The fourth-order valence-electron chi connectivity index (χ4n) is 7.66. The summed E-state index contributed by atoms with van der Waals surface area (Å²) in [5.74, 6) is -2.32. The molecule has 0 bridgehead atoms. The smallest absolute Gasteiger partial charge is 0.330 e. The number of hydrogen-bond acceptors (Lipinski definition) is 5. The lowest BCUT2D eigenvalue weighted by molar-refractivity contribution is -0.150. The molecule has 1 N–H and O–H groups in total. The second kappa shape index (κ2) is 11.5. The Bertz CT molecular complexity index is 2010. The molecule has 0 aromatic heterocycles. The lowest BCUT2D eigenvalue weighted by Crippen LogP contribution is -2.51. The van der Waals surface area contributed by atoms with E-state index in [0.29, 0.717) is 16.8 Å². The van der Waals surface area contributed by atoms with Crippen LogP contribution in [-0.4, -0.2) is 29.7 Å². The quantitative estimate of drug-likeness (QED) is 0.147. The van der Waals surface area contributed by atoms with Gasteiger partial charge in [0, 0.05) is 21.4 Å². The maximum atomic E-state index is 15.0. The molecule has 0 aliphatic carbocycles.